The van der Waals surface area contributed by atoms with Crippen LogP contribution in [0.15, 0.2) is 0 Å². The number of sulfonamides is 1. The summed E-state index contributed by atoms with van der Waals surface area (Å²) in [5.41, 5.74) is 0. The summed E-state index contributed by atoms with van der Waals surface area (Å²) >= 11 is 0. The zero-order valence-electron chi connectivity index (χ0n) is 12.7. The second-order valence-electron chi connectivity index (χ2n) is 5.47. The first-order valence-corrected chi connectivity index (χ1v) is 9.15. The summed E-state index contributed by atoms with van der Waals surface area (Å²) in [6, 6.07) is 1.06. The highest BCUT2D eigenvalue weighted by Crippen LogP contribution is 2.09. The highest BCUT2D eigenvalue weighted by molar-refractivity contribution is 7.88. The number of hydrogen-bond acceptors (Lipinski definition) is 4. The van der Waals surface area contributed by atoms with Crippen LogP contribution in [-0.4, -0.2) is 68.7 Å². The van der Waals surface area contributed by atoms with E-state index in [1.54, 1.807) is 4.31 Å². The van der Waals surface area contributed by atoms with Gasteiger partial charge < -0.3 is 5.32 Å². The lowest BCUT2D eigenvalue weighted by Gasteiger charge is -2.37. The molecule has 6 heteroatoms. The molecule has 1 unspecified atom stereocenters. The molecule has 5 nitrogen and oxygen atoms in total. The molecule has 0 radical (unpaired) electrons. The average molecular weight is 291 g/mol. The van der Waals surface area contributed by atoms with Gasteiger partial charge in [-0.2, -0.15) is 4.31 Å². The second kappa shape index (κ2) is 7.57. The molecule has 0 aromatic heterocycles. The number of piperazine rings is 1. The van der Waals surface area contributed by atoms with E-state index in [-0.39, 0.29) is 0 Å². The number of nitrogens with zero attached hydrogens (tertiary/aromatic N) is 2. The first-order chi connectivity index (χ1) is 8.88. The van der Waals surface area contributed by atoms with Gasteiger partial charge in [-0.1, -0.05) is 13.8 Å². The van der Waals surface area contributed by atoms with Crippen molar-refractivity contribution < 1.29 is 8.42 Å². The van der Waals surface area contributed by atoms with Crippen LogP contribution in [0.5, 0.6) is 0 Å². The molecule has 1 rings (SSSR count). The lowest BCUT2D eigenvalue weighted by atomic mass is 10.1. The van der Waals surface area contributed by atoms with Gasteiger partial charge in [0, 0.05) is 44.8 Å². The van der Waals surface area contributed by atoms with E-state index >= 15 is 0 Å². The molecule has 1 aliphatic heterocycles. The van der Waals surface area contributed by atoms with E-state index in [0.717, 1.165) is 32.5 Å². The van der Waals surface area contributed by atoms with Crippen LogP contribution >= 0.6 is 0 Å². The first-order valence-electron chi connectivity index (χ1n) is 7.31. The minimum absolute atomic E-state index is 0.460. The molecule has 0 amide bonds. The minimum atomic E-state index is -3.02. The van der Waals surface area contributed by atoms with Gasteiger partial charge in [0.25, 0.3) is 0 Å². The van der Waals surface area contributed by atoms with Crippen molar-refractivity contribution in [2.75, 3.05) is 39.0 Å². The topological polar surface area (TPSA) is 52.6 Å². The Morgan fingerprint density at radius 3 is 2.05 bits per heavy atom. The van der Waals surface area contributed by atoms with E-state index in [4.69, 9.17) is 0 Å². The maximum atomic E-state index is 11.5. The van der Waals surface area contributed by atoms with Crippen molar-refractivity contribution in [2.24, 2.45) is 0 Å². The molecule has 114 valence electrons. The zero-order valence-corrected chi connectivity index (χ0v) is 13.5. The minimum Gasteiger partial charge on any atom is -0.312 e. The lowest BCUT2D eigenvalue weighted by molar-refractivity contribution is 0.141. The van der Waals surface area contributed by atoms with Gasteiger partial charge in [-0.25, -0.2) is 8.42 Å². The SMILES string of the molecule is CCC(CC)NCC(C)N1CCN(S(C)(=O)=O)CC1. The van der Waals surface area contributed by atoms with Crippen LogP contribution in [0.25, 0.3) is 0 Å². The van der Waals surface area contributed by atoms with Crippen molar-refractivity contribution in [3.8, 4) is 0 Å². The van der Waals surface area contributed by atoms with Crippen molar-refractivity contribution in [3.63, 3.8) is 0 Å². The fraction of sp³-hybridized carbons (Fsp3) is 1.00. The number of nitrogens with one attached hydrogen (secondary N) is 1. The molecule has 1 aliphatic rings. The third kappa shape index (κ3) is 5.38. The quantitative estimate of drug-likeness (QED) is 0.751. The van der Waals surface area contributed by atoms with Gasteiger partial charge >= 0.3 is 0 Å². The van der Waals surface area contributed by atoms with Crippen LogP contribution in [0, 0.1) is 0 Å². The third-order valence-electron chi connectivity index (χ3n) is 4.05. The van der Waals surface area contributed by atoms with Crippen LogP contribution in [0.1, 0.15) is 33.6 Å². The summed E-state index contributed by atoms with van der Waals surface area (Å²) in [4.78, 5) is 2.37. The number of rotatable bonds is 7. The Kier molecular flexibility index (Phi) is 6.73. The molecule has 19 heavy (non-hydrogen) atoms. The van der Waals surface area contributed by atoms with E-state index in [9.17, 15) is 8.42 Å². The maximum Gasteiger partial charge on any atom is 0.211 e. The van der Waals surface area contributed by atoms with Crippen molar-refractivity contribution in [1.29, 1.82) is 0 Å². The highest BCUT2D eigenvalue weighted by atomic mass is 32.2. The Labute approximate surface area is 118 Å². The molecule has 1 fully saturated rings. The standard InChI is InChI=1S/C13H29N3O2S/c1-5-13(6-2)14-11-12(3)15-7-9-16(10-8-15)19(4,17)18/h12-14H,5-11H2,1-4H3. The van der Waals surface area contributed by atoms with Crippen molar-refractivity contribution in [2.45, 2.75) is 45.7 Å². The highest BCUT2D eigenvalue weighted by Gasteiger charge is 2.25. The zero-order chi connectivity index (χ0) is 14.5. The summed E-state index contributed by atoms with van der Waals surface area (Å²) in [6.45, 7) is 10.5. The summed E-state index contributed by atoms with van der Waals surface area (Å²) in [6.07, 6.45) is 3.61. The molecule has 0 spiro atoms. The van der Waals surface area contributed by atoms with Gasteiger partial charge in [0.1, 0.15) is 0 Å². The molecule has 0 aromatic carbocycles. The fourth-order valence-corrected chi connectivity index (χ4v) is 3.35. The molecule has 0 aromatic rings. The average Bonchev–Trinajstić information content (AvgIpc) is 2.39. The lowest BCUT2D eigenvalue weighted by Crippen LogP contribution is -2.53. The van der Waals surface area contributed by atoms with Crippen LogP contribution in [0.3, 0.4) is 0 Å². The Hall–Kier alpha value is -0.170. The Bertz CT molecular complexity index is 347. The van der Waals surface area contributed by atoms with Gasteiger partial charge in [0.15, 0.2) is 0 Å². The van der Waals surface area contributed by atoms with E-state index < -0.39 is 10.0 Å². The Balaban J connectivity index is 2.34. The van der Waals surface area contributed by atoms with Crippen LogP contribution in [0.4, 0.5) is 0 Å². The molecule has 1 heterocycles. The third-order valence-corrected chi connectivity index (χ3v) is 5.36. The van der Waals surface area contributed by atoms with Gasteiger partial charge in [0.2, 0.25) is 10.0 Å². The summed E-state index contributed by atoms with van der Waals surface area (Å²) in [5.74, 6) is 0. The van der Waals surface area contributed by atoms with E-state index in [2.05, 4.69) is 31.0 Å². The van der Waals surface area contributed by atoms with E-state index in [1.165, 1.54) is 6.26 Å². The predicted molar refractivity (Wildman–Crippen MR) is 79.8 cm³/mol. The first kappa shape index (κ1) is 16.9. The molecular formula is C13H29N3O2S. The Morgan fingerprint density at radius 1 is 1.11 bits per heavy atom. The van der Waals surface area contributed by atoms with Crippen LogP contribution < -0.4 is 5.32 Å². The monoisotopic (exact) mass is 291 g/mol. The van der Waals surface area contributed by atoms with Crippen molar-refractivity contribution >= 4 is 10.0 Å². The molecule has 0 saturated carbocycles. The summed E-state index contributed by atoms with van der Waals surface area (Å²) < 4.78 is 24.5. The smallest absolute Gasteiger partial charge is 0.211 e. The van der Waals surface area contributed by atoms with Gasteiger partial charge in [0.05, 0.1) is 6.26 Å². The molecule has 0 bridgehead atoms. The van der Waals surface area contributed by atoms with Crippen molar-refractivity contribution in [3.05, 3.63) is 0 Å². The van der Waals surface area contributed by atoms with Crippen molar-refractivity contribution in [1.82, 2.24) is 14.5 Å². The van der Waals surface area contributed by atoms with Crippen LogP contribution in [-0.2, 0) is 10.0 Å². The predicted octanol–water partition coefficient (Wildman–Crippen LogP) is 0.730. The van der Waals surface area contributed by atoms with Gasteiger partial charge in [-0.3, -0.25) is 4.90 Å². The molecule has 1 atom stereocenters. The normalized spacial score (nSPS) is 20.9. The largest absolute Gasteiger partial charge is 0.312 e. The summed E-state index contributed by atoms with van der Waals surface area (Å²) in [5, 5.41) is 3.58. The van der Waals surface area contributed by atoms with Crippen LogP contribution in [0.2, 0.25) is 0 Å². The molecule has 1 saturated heterocycles. The fourth-order valence-electron chi connectivity index (χ4n) is 2.52. The molecule has 1 N–H and O–H groups in total. The second-order valence-corrected chi connectivity index (χ2v) is 7.45. The Morgan fingerprint density at radius 2 is 1.63 bits per heavy atom. The van der Waals surface area contributed by atoms with Gasteiger partial charge in [-0.15, -0.1) is 0 Å². The van der Waals surface area contributed by atoms with Gasteiger partial charge in [-0.05, 0) is 19.8 Å². The molecular weight excluding hydrogens is 262 g/mol. The van der Waals surface area contributed by atoms with E-state index in [1.807, 2.05) is 0 Å². The number of hydrogen-bond donors (Lipinski definition) is 1. The summed E-state index contributed by atoms with van der Waals surface area (Å²) in [7, 11) is -3.02. The maximum absolute atomic E-state index is 11.5. The van der Waals surface area contributed by atoms with E-state index in [0.29, 0.717) is 25.2 Å². The molecule has 0 aliphatic carbocycles.